The van der Waals surface area contributed by atoms with Crippen LogP contribution in [0.3, 0.4) is 0 Å². The molecule has 1 aromatic heterocycles. The molecule has 1 atom stereocenters. The van der Waals surface area contributed by atoms with Crippen molar-refractivity contribution in [3.05, 3.63) is 65.5 Å². The van der Waals surface area contributed by atoms with Crippen LogP contribution in [0, 0.1) is 6.92 Å². The summed E-state index contributed by atoms with van der Waals surface area (Å²) in [6.07, 6.45) is 1.02. The standard InChI is InChI=1S/C20H23N3O/c1-4-13-23-18-8-6-5-7-17(18)22-19(23)15(3)21-20(24)16-11-9-14(2)10-12-16/h5-12,15H,4,13H2,1-3H3,(H,21,24). The van der Waals surface area contributed by atoms with Gasteiger partial charge in [-0.2, -0.15) is 0 Å². The number of nitrogens with zero attached hydrogens (tertiary/aromatic N) is 2. The van der Waals surface area contributed by atoms with Crippen LogP contribution in [0.2, 0.25) is 0 Å². The molecule has 2 aromatic carbocycles. The zero-order valence-electron chi connectivity index (χ0n) is 14.4. The van der Waals surface area contributed by atoms with E-state index in [-0.39, 0.29) is 11.9 Å². The average Bonchev–Trinajstić information content (AvgIpc) is 2.95. The number of amides is 1. The highest BCUT2D eigenvalue weighted by Gasteiger charge is 2.18. The molecule has 1 amide bonds. The molecule has 0 aliphatic rings. The summed E-state index contributed by atoms with van der Waals surface area (Å²) in [5, 5.41) is 3.07. The van der Waals surface area contributed by atoms with Crippen LogP contribution in [0.5, 0.6) is 0 Å². The van der Waals surface area contributed by atoms with E-state index in [1.54, 1.807) is 0 Å². The van der Waals surface area contributed by atoms with Gasteiger partial charge in [-0.25, -0.2) is 4.98 Å². The van der Waals surface area contributed by atoms with Gasteiger partial charge in [-0.05, 0) is 44.5 Å². The second-order valence-electron chi connectivity index (χ2n) is 6.17. The van der Waals surface area contributed by atoms with Crippen molar-refractivity contribution in [3.63, 3.8) is 0 Å². The first-order chi connectivity index (χ1) is 11.6. The number of fused-ring (bicyclic) bond motifs is 1. The second kappa shape index (κ2) is 6.87. The molecular formula is C20H23N3O. The van der Waals surface area contributed by atoms with Crippen molar-refractivity contribution in [2.75, 3.05) is 0 Å². The first-order valence-corrected chi connectivity index (χ1v) is 8.43. The number of carbonyl (C=O) groups excluding carboxylic acids is 1. The fourth-order valence-corrected chi connectivity index (χ4v) is 2.93. The van der Waals surface area contributed by atoms with E-state index in [1.807, 2.05) is 56.3 Å². The smallest absolute Gasteiger partial charge is 0.251 e. The van der Waals surface area contributed by atoms with E-state index in [4.69, 9.17) is 4.98 Å². The van der Waals surface area contributed by atoms with Crippen LogP contribution in [-0.2, 0) is 6.54 Å². The van der Waals surface area contributed by atoms with Gasteiger partial charge >= 0.3 is 0 Å². The van der Waals surface area contributed by atoms with Crippen LogP contribution >= 0.6 is 0 Å². The Bertz CT molecular complexity index is 849. The van der Waals surface area contributed by atoms with Gasteiger partial charge in [-0.15, -0.1) is 0 Å². The minimum absolute atomic E-state index is 0.0717. The summed E-state index contributed by atoms with van der Waals surface area (Å²) in [6.45, 7) is 7.03. The summed E-state index contributed by atoms with van der Waals surface area (Å²) in [5.74, 6) is 0.830. The molecule has 1 heterocycles. The van der Waals surface area contributed by atoms with Crippen molar-refractivity contribution in [3.8, 4) is 0 Å². The maximum atomic E-state index is 12.5. The lowest BCUT2D eigenvalue weighted by molar-refractivity contribution is 0.0937. The molecular weight excluding hydrogens is 298 g/mol. The molecule has 0 radical (unpaired) electrons. The Morgan fingerprint density at radius 2 is 1.88 bits per heavy atom. The van der Waals surface area contributed by atoms with Crippen molar-refractivity contribution in [2.24, 2.45) is 0 Å². The maximum Gasteiger partial charge on any atom is 0.251 e. The SMILES string of the molecule is CCCn1c(C(C)NC(=O)c2ccc(C)cc2)nc2ccccc21. The third-order valence-electron chi connectivity index (χ3n) is 4.18. The number of hydrogen-bond donors (Lipinski definition) is 1. The number of para-hydroxylation sites is 2. The summed E-state index contributed by atoms with van der Waals surface area (Å²) in [4.78, 5) is 17.2. The van der Waals surface area contributed by atoms with Crippen LogP contribution in [-0.4, -0.2) is 15.5 Å². The summed E-state index contributed by atoms with van der Waals surface area (Å²) in [7, 11) is 0. The lowest BCUT2D eigenvalue weighted by Crippen LogP contribution is -2.28. The molecule has 24 heavy (non-hydrogen) atoms. The molecule has 4 nitrogen and oxygen atoms in total. The van der Waals surface area contributed by atoms with Crippen LogP contribution in [0.25, 0.3) is 11.0 Å². The molecule has 0 saturated heterocycles. The Labute approximate surface area is 142 Å². The maximum absolute atomic E-state index is 12.5. The molecule has 3 rings (SSSR count). The number of carbonyl (C=O) groups is 1. The zero-order chi connectivity index (χ0) is 17.1. The Morgan fingerprint density at radius 3 is 2.58 bits per heavy atom. The van der Waals surface area contributed by atoms with E-state index in [1.165, 1.54) is 0 Å². The summed E-state index contributed by atoms with van der Waals surface area (Å²) < 4.78 is 2.20. The largest absolute Gasteiger partial charge is 0.342 e. The van der Waals surface area contributed by atoms with E-state index in [0.29, 0.717) is 5.56 Å². The van der Waals surface area contributed by atoms with E-state index in [2.05, 4.69) is 22.9 Å². The zero-order valence-corrected chi connectivity index (χ0v) is 14.4. The van der Waals surface area contributed by atoms with Crippen molar-refractivity contribution in [1.82, 2.24) is 14.9 Å². The van der Waals surface area contributed by atoms with Gasteiger partial charge in [0.25, 0.3) is 5.91 Å². The monoisotopic (exact) mass is 321 g/mol. The van der Waals surface area contributed by atoms with Crippen molar-refractivity contribution in [1.29, 1.82) is 0 Å². The molecule has 0 saturated carbocycles. The highest BCUT2D eigenvalue weighted by molar-refractivity contribution is 5.94. The Morgan fingerprint density at radius 1 is 1.17 bits per heavy atom. The van der Waals surface area contributed by atoms with Crippen LogP contribution in [0.15, 0.2) is 48.5 Å². The Balaban J connectivity index is 1.87. The van der Waals surface area contributed by atoms with Gasteiger partial charge < -0.3 is 9.88 Å². The highest BCUT2D eigenvalue weighted by atomic mass is 16.1. The molecule has 3 aromatic rings. The van der Waals surface area contributed by atoms with Gasteiger partial charge in [0.05, 0.1) is 17.1 Å². The van der Waals surface area contributed by atoms with Gasteiger partial charge in [0.1, 0.15) is 5.82 Å². The number of rotatable bonds is 5. The number of aryl methyl sites for hydroxylation is 2. The van der Waals surface area contributed by atoms with Crippen molar-refractivity contribution in [2.45, 2.75) is 39.8 Å². The fraction of sp³-hybridized carbons (Fsp3) is 0.300. The first kappa shape index (κ1) is 16.2. The van der Waals surface area contributed by atoms with E-state index in [0.717, 1.165) is 35.4 Å². The molecule has 0 bridgehead atoms. The van der Waals surface area contributed by atoms with Crippen molar-refractivity contribution >= 4 is 16.9 Å². The fourth-order valence-electron chi connectivity index (χ4n) is 2.93. The van der Waals surface area contributed by atoms with Gasteiger partial charge in [-0.3, -0.25) is 4.79 Å². The number of benzene rings is 2. The van der Waals surface area contributed by atoms with E-state index < -0.39 is 0 Å². The third-order valence-corrected chi connectivity index (χ3v) is 4.18. The number of hydrogen-bond acceptors (Lipinski definition) is 2. The van der Waals surface area contributed by atoms with Crippen LogP contribution < -0.4 is 5.32 Å². The molecule has 1 unspecified atom stereocenters. The lowest BCUT2D eigenvalue weighted by atomic mass is 10.1. The van der Waals surface area contributed by atoms with Crippen molar-refractivity contribution < 1.29 is 4.79 Å². The lowest BCUT2D eigenvalue weighted by Gasteiger charge is -2.16. The van der Waals surface area contributed by atoms with Gasteiger partial charge in [0, 0.05) is 12.1 Å². The van der Waals surface area contributed by atoms with E-state index >= 15 is 0 Å². The molecule has 0 aliphatic heterocycles. The molecule has 4 heteroatoms. The first-order valence-electron chi connectivity index (χ1n) is 8.43. The minimum Gasteiger partial charge on any atom is -0.342 e. The van der Waals surface area contributed by atoms with Gasteiger partial charge in [0.15, 0.2) is 0 Å². The molecule has 0 spiro atoms. The molecule has 124 valence electrons. The highest BCUT2D eigenvalue weighted by Crippen LogP contribution is 2.21. The van der Waals surface area contributed by atoms with Crippen LogP contribution in [0.4, 0.5) is 0 Å². The number of aromatic nitrogens is 2. The van der Waals surface area contributed by atoms with E-state index in [9.17, 15) is 4.79 Å². The number of nitrogens with one attached hydrogen (secondary N) is 1. The topological polar surface area (TPSA) is 46.9 Å². The predicted molar refractivity (Wildman–Crippen MR) is 97.1 cm³/mol. The molecule has 1 N–H and O–H groups in total. The third kappa shape index (κ3) is 3.18. The Kier molecular flexibility index (Phi) is 4.65. The van der Waals surface area contributed by atoms with Crippen LogP contribution in [0.1, 0.15) is 48.1 Å². The minimum atomic E-state index is -0.155. The number of imidazole rings is 1. The second-order valence-corrected chi connectivity index (χ2v) is 6.17. The predicted octanol–water partition coefficient (Wildman–Crippen LogP) is 4.25. The Hall–Kier alpha value is -2.62. The van der Waals surface area contributed by atoms with Gasteiger partial charge in [0.2, 0.25) is 0 Å². The quantitative estimate of drug-likeness (QED) is 0.764. The summed E-state index contributed by atoms with van der Waals surface area (Å²) in [6, 6.07) is 15.6. The molecule has 0 fully saturated rings. The summed E-state index contributed by atoms with van der Waals surface area (Å²) >= 11 is 0. The molecule has 0 aliphatic carbocycles. The average molecular weight is 321 g/mol. The van der Waals surface area contributed by atoms with Gasteiger partial charge in [-0.1, -0.05) is 36.8 Å². The normalized spacial score (nSPS) is 12.3. The summed E-state index contributed by atoms with van der Waals surface area (Å²) in [5.41, 5.74) is 3.90.